The first-order chi connectivity index (χ1) is 10.8. The van der Waals surface area contributed by atoms with Crippen LogP contribution in [0, 0.1) is 6.92 Å². The van der Waals surface area contributed by atoms with Crippen molar-refractivity contribution in [2.75, 3.05) is 13.1 Å². The number of rotatable bonds is 4. The van der Waals surface area contributed by atoms with Crippen molar-refractivity contribution in [3.63, 3.8) is 0 Å². The molecule has 1 aliphatic carbocycles. The summed E-state index contributed by atoms with van der Waals surface area (Å²) in [6.07, 6.45) is 3.76. The van der Waals surface area contributed by atoms with E-state index < -0.39 is 0 Å². The number of benzene rings is 1. The topological polar surface area (TPSA) is 28.2 Å². The van der Waals surface area contributed by atoms with Gasteiger partial charge in [-0.15, -0.1) is 0 Å². The second-order valence-electron chi connectivity index (χ2n) is 6.76. The van der Waals surface area contributed by atoms with Crippen molar-refractivity contribution in [2.45, 2.75) is 52.2 Å². The molecular formula is C19H25N3. The van der Waals surface area contributed by atoms with Gasteiger partial charge in [-0.2, -0.15) is 0 Å². The van der Waals surface area contributed by atoms with Gasteiger partial charge in [0, 0.05) is 43.2 Å². The first-order valence-electron chi connectivity index (χ1n) is 8.62. The Balaban J connectivity index is 1.84. The van der Waals surface area contributed by atoms with Crippen LogP contribution in [0.1, 0.15) is 42.1 Å². The highest BCUT2D eigenvalue weighted by Gasteiger charge is 2.25. The molecule has 1 fully saturated rings. The van der Waals surface area contributed by atoms with E-state index >= 15 is 0 Å². The van der Waals surface area contributed by atoms with Crippen LogP contribution in [0.4, 0.5) is 0 Å². The third-order valence-corrected chi connectivity index (χ3v) is 5.16. The minimum atomic E-state index is 0.745. The number of nitrogens with one attached hydrogen (secondary N) is 1. The third kappa shape index (κ3) is 2.53. The first kappa shape index (κ1) is 14.2. The Morgan fingerprint density at radius 1 is 1.32 bits per heavy atom. The molecule has 2 aliphatic rings. The summed E-state index contributed by atoms with van der Waals surface area (Å²) in [5.74, 6) is 0. The van der Waals surface area contributed by atoms with E-state index in [1.807, 2.05) is 0 Å². The zero-order chi connectivity index (χ0) is 15.1. The van der Waals surface area contributed by atoms with Gasteiger partial charge >= 0.3 is 0 Å². The van der Waals surface area contributed by atoms with Gasteiger partial charge in [-0.3, -0.25) is 9.88 Å². The van der Waals surface area contributed by atoms with E-state index in [9.17, 15) is 0 Å². The van der Waals surface area contributed by atoms with Crippen LogP contribution in [0.2, 0.25) is 0 Å². The van der Waals surface area contributed by atoms with E-state index in [-0.39, 0.29) is 0 Å². The molecule has 1 saturated carbocycles. The molecule has 3 nitrogen and oxygen atoms in total. The Kier molecular flexibility index (Phi) is 3.63. The lowest BCUT2D eigenvalue weighted by Gasteiger charge is -2.29. The summed E-state index contributed by atoms with van der Waals surface area (Å²) in [4.78, 5) is 7.57. The van der Waals surface area contributed by atoms with Crippen LogP contribution in [0.25, 0.3) is 10.9 Å². The zero-order valence-corrected chi connectivity index (χ0v) is 13.7. The molecule has 2 aromatic rings. The molecular weight excluding hydrogens is 270 g/mol. The average molecular weight is 295 g/mol. The van der Waals surface area contributed by atoms with Gasteiger partial charge in [-0.25, -0.2) is 0 Å². The standard InChI is InChI=1S/C19H25N3/c1-3-22-10-9-18-17(12-22)16(11-20-14-7-8-14)15-6-4-5-13(2)19(15)21-18/h4-6,14,20H,3,7-12H2,1-2H3. The van der Waals surface area contributed by atoms with Crippen molar-refractivity contribution >= 4 is 10.9 Å². The van der Waals surface area contributed by atoms with E-state index in [0.717, 1.165) is 38.6 Å². The van der Waals surface area contributed by atoms with Crippen LogP contribution < -0.4 is 5.32 Å². The minimum Gasteiger partial charge on any atom is -0.310 e. The second-order valence-corrected chi connectivity index (χ2v) is 6.76. The number of hydrogen-bond acceptors (Lipinski definition) is 3. The quantitative estimate of drug-likeness (QED) is 0.939. The molecule has 0 saturated heterocycles. The molecule has 0 bridgehead atoms. The van der Waals surface area contributed by atoms with Gasteiger partial charge in [0.2, 0.25) is 0 Å². The summed E-state index contributed by atoms with van der Waals surface area (Å²) in [7, 11) is 0. The molecule has 116 valence electrons. The molecule has 0 amide bonds. The summed E-state index contributed by atoms with van der Waals surface area (Å²) in [5.41, 5.74) is 6.82. The molecule has 0 unspecified atom stereocenters. The van der Waals surface area contributed by atoms with E-state index in [0.29, 0.717) is 0 Å². The van der Waals surface area contributed by atoms with Crippen molar-refractivity contribution < 1.29 is 0 Å². The third-order valence-electron chi connectivity index (χ3n) is 5.16. The summed E-state index contributed by atoms with van der Waals surface area (Å²) in [6, 6.07) is 7.35. The second kappa shape index (κ2) is 5.64. The van der Waals surface area contributed by atoms with Crippen LogP contribution in [-0.2, 0) is 19.5 Å². The van der Waals surface area contributed by atoms with Crippen molar-refractivity contribution in [2.24, 2.45) is 0 Å². The van der Waals surface area contributed by atoms with Crippen LogP contribution in [0.15, 0.2) is 18.2 Å². The smallest absolute Gasteiger partial charge is 0.0737 e. The van der Waals surface area contributed by atoms with Crippen LogP contribution in [0.5, 0.6) is 0 Å². The Hall–Kier alpha value is -1.45. The highest BCUT2D eigenvalue weighted by atomic mass is 15.1. The molecule has 0 spiro atoms. The normalized spacial score (nSPS) is 18.6. The van der Waals surface area contributed by atoms with Gasteiger partial charge in [0.25, 0.3) is 0 Å². The highest BCUT2D eigenvalue weighted by molar-refractivity contribution is 5.86. The van der Waals surface area contributed by atoms with Gasteiger partial charge in [-0.05, 0) is 43.0 Å². The predicted molar refractivity (Wildman–Crippen MR) is 91.0 cm³/mol. The Labute approximate surface area is 132 Å². The number of nitrogens with zero attached hydrogens (tertiary/aromatic N) is 2. The fourth-order valence-corrected chi connectivity index (χ4v) is 3.56. The molecule has 1 aromatic heterocycles. The fraction of sp³-hybridized carbons (Fsp3) is 0.526. The SMILES string of the molecule is CCN1CCc2nc3c(C)cccc3c(CNC3CC3)c2C1. The van der Waals surface area contributed by atoms with Crippen molar-refractivity contribution in [1.29, 1.82) is 0 Å². The molecule has 0 radical (unpaired) electrons. The maximum absolute atomic E-state index is 5.03. The van der Waals surface area contributed by atoms with Crippen LogP contribution in [0.3, 0.4) is 0 Å². The molecule has 1 aromatic carbocycles. The van der Waals surface area contributed by atoms with Gasteiger partial charge < -0.3 is 5.32 Å². The molecule has 4 rings (SSSR count). The predicted octanol–water partition coefficient (Wildman–Crippen LogP) is 3.17. The molecule has 22 heavy (non-hydrogen) atoms. The van der Waals surface area contributed by atoms with Gasteiger partial charge in [0.15, 0.2) is 0 Å². The van der Waals surface area contributed by atoms with Gasteiger partial charge in [0.1, 0.15) is 0 Å². The number of likely N-dealkylation sites (N-methyl/N-ethyl adjacent to an activating group) is 1. The highest BCUT2D eigenvalue weighted by Crippen LogP contribution is 2.30. The number of hydrogen-bond donors (Lipinski definition) is 1. The summed E-state index contributed by atoms with van der Waals surface area (Å²) >= 11 is 0. The first-order valence-corrected chi connectivity index (χ1v) is 8.62. The van der Waals surface area contributed by atoms with Crippen molar-refractivity contribution in [1.82, 2.24) is 15.2 Å². The Bertz CT molecular complexity index is 703. The number of pyridine rings is 1. The number of aromatic nitrogens is 1. The monoisotopic (exact) mass is 295 g/mol. The average Bonchev–Trinajstić information content (AvgIpc) is 3.36. The Morgan fingerprint density at radius 2 is 2.18 bits per heavy atom. The molecule has 1 aliphatic heterocycles. The van der Waals surface area contributed by atoms with E-state index in [4.69, 9.17) is 4.98 Å². The summed E-state index contributed by atoms with van der Waals surface area (Å²) in [6.45, 7) is 8.76. The number of fused-ring (bicyclic) bond motifs is 2. The largest absolute Gasteiger partial charge is 0.310 e. The minimum absolute atomic E-state index is 0.745. The number of aryl methyl sites for hydroxylation is 1. The van der Waals surface area contributed by atoms with E-state index in [2.05, 4.69) is 42.3 Å². The lowest BCUT2D eigenvalue weighted by Crippen LogP contribution is -2.32. The van der Waals surface area contributed by atoms with Gasteiger partial charge in [0.05, 0.1) is 5.52 Å². The fourth-order valence-electron chi connectivity index (χ4n) is 3.56. The molecule has 2 heterocycles. The molecule has 1 N–H and O–H groups in total. The molecule has 3 heteroatoms. The van der Waals surface area contributed by atoms with E-state index in [1.54, 1.807) is 0 Å². The van der Waals surface area contributed by atoms with Gasteiger partial charge in [-0.1, -0.05) is 25.1 Å². The maximum atomic E-state index is 5.03. The molecule has 0 atom stereocenters. The van der Waals surface area contributed by atoms with E-state index in [1.165, 1.54) is 46.1 Å². The number of para-hydroxylation sites is 1. The lowest BCUT2D eigenvalue weighted by atomic mass is 9.94. The van der Waals surface area contributed by atoms with Crippen LogP contribution >= 0.6 is 0 Å². The Morgan fingerprint density at radius 3 is 2.95 bits per heavy atom. The maximum Gasteiger partial charge on any atom is 0.0737 e. The van der Waals surface area contributed by atoms with Crippen molar-refractivity contribution in [3.8, 4) is 0 Å². The zero-order valence-electron chi connectivity index (χ0n) is 13.7. The van der Waals surface area contributed by atoms with Crippen LogP contribution in [-0.4, -0.2) is 29.0 Å². The summed E-state index contributed by atoms with van der Waals surface area (Å²) in [5, 5.41) is 5.07. The van der Waals surface area contributed by atoms with Crippen molar-refractivity contribution in [3.05, 3.63) is 40.6 Å². The lowest BCUT2D eigenvalue weighted by molar-refractivity contribution is 0.265. The summed E-state index contributed by atoms with van der Waals surface area (Å²) < 4.78 is 0.